The molecule has 0 aliphatic heterocycles. The maximum Gasteiger partial charge on any atom is 0.396 e. The molecule has 1 fully saturated rings. The fraction of sp³-hybridized carbons (Fsp3) is 0.385. The maximum absolute atomic E-state index is 12.6. The van der Waals surface area contributed by atoms with Crippen molar-refractivity contribution >= 4 is 11.0 Å². The van der Waals surface area contributed by atoms with Crippen molar-refractivity contribution in [1.29, 1.82) is 5.26 Å². The van der Waals surface area contributed by atoms with Crippen LogP contribution >= 0.6 is 0 Å². The van der Waals surface area contributed by atoms with E-state index in [1.54, 1.807) is 16.7 Å². The minimum absolute atomic E-state index is 0.0417. The van der Waals surface area contributed by atoms with Gasteiger partial charge in [0.15, 0.2) is 0 Å². The van der Waals surface area contributed by atoms with E-state index in [4.69, 9.17) is 5.26 Å². The normalized spacial score (nSPS) is 15.7. The molecule has 0 N–H and O–H groups in total. The molecule has 0 atom stereocenters. The van der Waals surface area contributed by atoms with Crippen LogP contribution in [0.15, 0.2) is 18.2 Å². The Labute approximate surface area is 107 Å². The van der Waals surface area contributed by atoms with E-state index in [1.807, 2.05) is 6.07 Å². The number of fused-ring (bicyclic) bond motifs is 1. The number of nitrogens with zero attached hydrogens (tertiary/aromatic N) is 3. The lowest BCUT2D eigenvalue weighted by atomic mass is 10.2. The molecule has 0 amide bonds. The number of halogens is 3. The first-order valence-electron chi connectivity index (χ1n) is 5.95. The highest BCUT2D eigenvalue weighted by molar-refractivity contribution is 5.78. The van der Waals surface area contributed by atoms with Crippen LogP contribution in [-0.4, -0.2) is 15.7 Å². The van der Waals surface area contributed by atoms with Crippen molar-refractivity contribution in [2.45, 2.75) is 31.5 Å². The van der Waals surface area contributed by atoms with Crippen molar-refractivity contribution in [1.82, 2.24) is 9.55 Å². The molecular formula is C13H10F3N3. The highest BCUT2D eigenvalue weighted by atomic mass is 19.4. The summed E-state index contributed by atoms with van der Waals surface area (Å²) < 4.78 is 39.4. The Morgan fingerprint density at radius 3 is 2.68 bits per heavy atom. The molecule has 6 heteroatoms. The number of aromatic nitrogens is 2. The molecule has 1 aromatic carbocycles. The summed E-state index contributed by atoms with van der Waals surface area (Å²) in [6, 6.07) is 6.92. The van der Waals surface area contributed by atoms with Crippen molar-refractivity contribution in [3.8, 4) is 6.07 Å². The number of rotatable bonds is 2. The summed E-state index contributed by atoms with van der Waals surface area (Å²) in [5.41, 5.74) is 1.55. The van der Waals surface area contributed by atoms with Crippen LogP contribution in [0.25, 0.3) is 11.0 Å². The van der Waals surface area contributed by atoms with Crippen molar-refractivity contribution in [2.75, 3.05) is 0 Å². The van der Waals surface area contributed by atoms with Gasteiger partial charge in [-0.2, -0.15) is 18.4 Å². The van der Waals surface area contributed by atoms with Gasteiger partial charge in [-0.15, -0.1) is 0 Å². The zero-order valence-electron chi connectivity index (χ0n) is 9.91. The van der Waals surface area contributed by atoms with E-state index < -0.39 is 12.6 Å². The topological polar surface area (TPSA) is 41.6 Å². The number of imidazole rings is 1. The minimum atomic E-state index is -4.27. The van der Waals surface area contributed by atoms with Crippen LogP contribution in [0.3, 0.4) is 0 Å². The van der Waals surface area contributed by atoms with Gasteiger partial charge >= 0.3 is 6.18 Å². The Hall–Kier alpha value is -2.03. The maximum atomic E-state index is 12.6. The van der Waals surface area contributed by atoms with Crippen molar-refractivity contribution < 1.29 is 13.2 Å². The molecule has 1 aromatic heterocycles. The van der Waals surface area contributed by atoms with E-state index in [0.717, 1.165) is 12.8 Å². The first-order valence-corrected chi connectivity index (χ1v) is 5.95. The molecule has 0 bridgehead atoms. The summed E-state index contributed by atoms with van der Waals surface area (Å²) in [6.45, 7) is 0. The van der Waals surface area contributed by atoms with Gasteiger partial charge in [-0.1, -0.05) is 0 Å². The molecule has 3 nitrogen and oxygen atoms in total. The second-order valence-electron chi connectivity index (χ2n) is 4.74. The lowest BCUT2D eigenvalue weighted by molar-refractivity contribution is -0.128. The van der Waals surface area contributed by atoms with Crippen LogP contribution in [0.2, 0.25) is 0 Å². The van der Waals surface area contributed by atoms with E-state index in [9.17, 15) is 13.2 Å². The van der Waals surface area contributed by atoms with E-state index in [2.05, 4.69) is 4.98 Å². The van der Waals surface area contributed by atoms with Crippen LogP contribution in [0, 0.1) is 11.3 Å². The molecule has 1 heterocycles. The van der Waals surface area contributed by atoms with Crippen LogP contribution in [0.1, 0.15) is 30.3 Å². The average Bonchev–Trinajstić information content (AvgIpc) is 3.09. The van der Waals surface area contributed by atoms with Gasteiger partial charge in [0, 0.05) is 6.04 Å². The highest BCUT2D eigenvalue weighted by Crippen LogP contribution is 2.39. The Balaban J connectivity index is 2.15. The Morgan fingerprint density at radius 2 is 2.11 bits per heavy atom. The molecule has 3 rings (SSSR count). The van der Waals surface area contributed by atoms with Gasteiger partial charge in [0.2, 0.25) is 0 Å². The molecule has 19 heavy (non-hydrogen) atoms. The first-order chi connectivity index (χ1) is 8.98. The number of hydrogen-bond acceptors (Lipinski definition) is 2. The zero-order chi connectivity index (χ0) is 13.6. The van der Waals surface area contributed by atoms with Crippen molar-refractivity contribution in [3.63, 3.8) is 0 Å². The van der Waals surface area contributed by atoms with Crippen LogP contribution in [0.4, 0.5) is 13.2 Å². The van der Waals surface area contributed by atoms with Gasteiger partial charge < -0.3 is 4.57 Å². The zero-order valence-corrected chi connectivity index (χ0v) is 9.91. The molecule has 2 aromatic rings. The molecular weight excluding hydrogens is 255 g/mol. The number of hydrogen-bond donors (Lipinski definition) is 0. The lowest BCUT2D eigenvalue weighted by Crippen LogP contribution is -2.16. The molecule has 1 aliphatic rings. The molecule has 1 aliphatic carbocycles. The average molecular weight is 265 g/mol. The summed E-state index contributed by atoms with van der Waals surface area (Å²) in [4.78, 5) is 4.06. The first kappa shape index (κ1) is 12.0. The number of benzene rings is 1. The summed E-state index contributed by atoms with van der Waals surface area (Å²) in [6.07, 6.45) is -3.53. The standard InChI is InChI=1S/C13H10F3N3/c14-13(15,16)6-12-18-10-5-8(7-17)1-4-11(10)19(12)9-2-3-9/h1,4-5,9H,2-3,6H2. The summed E-state index contributed by atoms with van der Waals surface area (Å²) in [5, 5.41) is 8.82. The number of alkyl halides is 3. The Bertz CT molecular complexity index is 675. The van der Waals surface area contributed by atoms with Crippen molar-refractivity contribution in [2.24, 2.45) is 0 Å². The molecule has 0 spiro atoms. The third-order valence-corrected chi connectivity index (χ3v) is 3.16. The van der Waals surface area contributed by atoms with E-state index in [0.29, 0.717) is 16.6 Å². The summed E-state index contributed by atoms with van der Waals surface area (Å²) in [5.74, 6) is 0.0417. The van der Waals surface area contributed by atoms with E-state index in [-0.39, 0.29) is 11.9 Å². The second-order valence-corrected chi connectivity index (χ2v) is 4.74. The fourth-order valence-electron chi connectivity index (χ4n) is 2.26. The summed E-state index contributed by atoms with van der Waals surface area (Å²) >= 11 is 0. The third-order valence-electron chi connectivity index (χ3n) is 3.16. The fourth-order valence-corrected chi connectivity index (χ4v) is 2.26. The molecule has 0 unspecified atom stereocenters. The largest absolute Gasteiger partial charge is 0.396 e. The molecule has 1 saturated carbocycles. The predicted octanol–water partition coefficient (Wildman–Crippen LogP) is 3.35. The summed E-state index contributed by atoms with van der Waals surface area (Å²) in [7, 11) is 0. The second kappa shape index (κ2) is 3.98. The molecule has 0 radical (unpaired) electrons. The Kier molecular flexibility index (Phi) is 2.52. The van der Waals surface area contributed by atoms with Gasteiger partial charge in [-0.25, -0.2) is 4.98 Å². The quantitative estimate of drug-likeness (QED) is 0.835. The van der Waals surface area contributed by atoms with Crippen LogP contribution < -0.4 is 0 Å². The van der Waals surface area contributed by atoms with Gasteiger partial charge in [0.05, 0.1) is 22.7 Å². The van der Waals surface area contributed by atoms with Gasteiger partial charge in [0.1, 0.15) is 12.2 Å². The van der Waals surface area contributed by atoms with E-state index in [1.165, 1.54) is 6.07 Å². The lowest BCUT2D eigenvalue weighted by Gasteiger charge is -2.09. The van der Waals surface area contributed by atoms with Crippen molar-refractivity contribution in [3.05, 3.63) is 29.6 Å². The Morgan fingerprint density at radius 1 is 1.37 bits per heavy atom. The smallest absolute Gasteiger partial charge is 0.325 e. The van der Waals surface area contributed by atoms with Crippen LogP contribution in [0.5, 0.6) is 0 Å². The van der Waals surface area contributed by atoms with Gasteiger partial charge in [-0.3, -0.25) is 0 Å². The van der Waals surface area contributed by atoms with E-state index >= 15 is 0 Å². The third kappa shape index (κ3) is 2.28. The monoisotopic (exact) mass is 265 g/mol. The SMILES string of the molecule is N#Cc1ccc2c(c1)nc(CC(F)(F)F)n2C1CC1. The highest BCUT2D eigenvalue weighted by Gasteiger charge is 2.35. The van der Waals surface area contributed by atoms with Crippen LogP contribution in [-0.2, 0) is 6.42 Å². The molecule has 0 saturated heterocycles. The van der Waals surface area contributed by atoms with Gasteiger partial charge in [0.25, 0.3) is 0 Å². The minimum Gasteiger partial charge on any atom is -0.325 e. The number of nitriles is 1. The predicted molar refractivity (Wildman–Crippen MR) is 62.5 cm³/mol. The van der Waals surface area contributed by atoms with Gasteiger partial charge in [-0.05, 0) is 31.0 Å². The molecule has 98 valence electrons.